The molecule has 2 N–H and O–H groups in total. The summed E-state index contributed by atoms with van der Waals surface area (Å²) >= 11 is 6.13. The van der Waals surface area contributed by atoms with Crippen LogP contribution in [0.25, 0.3) is 0 Å². The lowest BCUT2D eigenvalue weighted by Crippen LogP contribution is -2.21. The van der Waals surface area contributed by atoms with E-state index in [1.54, 1.807) is 7.11 Å². The summed E-state index contributed by atoms with van der Waals surface area (Å²) in [5.74, 6) is 0.734. The van der Waals surface area contributed by atoms with Gasteiger partial charge in [-0.05, 0) is 56.7 Å². The molecule has 0 spiro atoms. The summed E-state index contributed by atoms with van der Waals surface area (Å²) in [6.45, 7) is 4.69. The Morgan fingerprint density at radius 3 is 2.71 bits per heavy atom. The molecule has 4 heteroatoms. The number of nitrogens with zero attached hydrogens (tertiary/aromatic N) is 1. The van der Waals surface area contributed by atoms with Gasteiger partial charge < -0.3 is 15.4 Å². The van der Waals surface area contributed by atoms with Crippen LogP contribution in [0.3, 0.4) is 0 Å². The van der Waals surface area contributed by atoms with Gasteiger partial charge >= 0.3 is 0 Å². The van der Waals surface area contributed by atoms with Crippen LogP contribution >= 0.6 is 11.6 Å². The first-order valence-corrected chi connectivity index (χ1v) is 6.18. The van der Waals surface area contributed by atoms with E-state index >= 15 is 0 Å². The van der Waals surface area contributed by atoms with Gasteiger partial charge in [-0.2, -0.15) is 0 Å². The van der Waals surface area contributed by atoms with Gasteiger partial charge in [0, 0.05) is 6.54 Å². The molecule has 0 fully saturated rings. The number of nitrogens with two attached hydrogens (primary N) is 1. The Bertz CT molecular complexity index is 369. The van der Waals surface area contributed by atoms with E-state index in [1.807, 2.05) is 12.1 Å². The standard InChI is InChI=1S/C13H21ClN2O/c1-10-7-13(17-3)12(14)8-11(10)9-16(2)6-4-5-15/h7-8H,4-6,9,15H2,1-3H3. The smallest absolute Gasteiger partial charge is 0.137 e. The molecule has 0 aliphatic carbocycles. The summed E-state index contributed by atoms with van der Waals surface area (Å²) in [5.41, 5.74) is 7.93. The molecule has 0 radical (unpaired) electrons. The van der Waals surface area contributed by atoms with Crippen molar-refractivity contribution in [3.8, 4) is 5.75 Å². The molecular weight excluding hydrogens is 236 g/mol. The lowest BCUT2D eigenvalue weighted by molar-refractivity contribution is 0.323. The monoisotopic (exact) mass is 256 g/mol. The molecule has 0 saturated carbocycles. The van der Waals surface area contributed by atoms with Crippen LogP contribution in [-0.4, -0.2) is 32.1 Å². The van der Waals surface area contributed by atoms with E-state index in [2.05, 4.69) is 18.9 Å². The number of hydrogen-bond donors (Lipinski definition) is 1. The van der Waals surface area contributed by atoms with Gasteiger partial charge in [-0.3, -0.25) is 0 Å². The molecule has 0 saturated heterocycles. The van der Waals surface area contributed by atoms with Crippen LogP contribution in [0.15, 0.2) is 12.1 Å². The van der Waals surface area contributed by atoms with Crippen molar-refractivity contribution in [3.05, 3.63) is 28.3 Å². The molecule has 0 unspecified atom stereocenters. The fourth-order valence-electron chi connectivity index (χ4n) is 1.75. The van der Waals surface area contributed by atoms with Crippen molar-refractivity contribution in [2.45, 2.75) is 19.9 Å². The Morgan fingerprint density at radius 2 is 2.12 bits per heavy atom. The van der Waals surface area contributed by atoms with Gasteiger partial charge in [0.1, 0.15) is 5.75 Å². The fourth-order valence-corrected chi connectivity index (χ4v) is 2.02. The second-order valence-corrected chi connectivity index (χ2v) is 4.70. The van der Waals surface area contributed by atoms with Gasteiger partial charge in [0.05, 0.1) is 12.1 Å². The number of rotatable bonds is 6. The minimum absolute atomic E-state index is 0.667. The van der Waals surface area contributed by atoms with Crippen LogP contribution in [0.2, 0.25) is 5.02 Å². The predicted octanol–water partition coefficient (Wildman–Crippen LogP) is 2.44. The van der Waals surface area contributed by atoms with E-state index in [-0.39, 0.29) is 0 Å². The topological polar surface area (TPSA) is 38.5 Å². The van der Waals surface area contributed by atoms with E-state index in [9.17, 15) is 0 Å². The van der Waals surface area contributed by atoms with Crippen LogP contribution in [0.1, 0.15) is 17.5 Å². The van der Waals surface area contributed by atoms with Crippen molar-refractivity contribution in [2.24, 2.45) is 5.73 Å². The molecule has 0 aliphatic rings. The maximum absolute atomic E-state index is 6.13. The molecule has 0 aliphatic heterocycles. The number of methoxy groups -OCH3 is 1. The van der Waals surface area contributed by atoms with Gasteiger partial charge in [0.25, 0.3) is 0 Å². The van der Waals surface area contributed by atoms with Crippen molar-refractivity contribution in [1.29, 1.82) is 0 Å². The summed E-state index contributed by atoms with van der Waals surface area (Å²) in [6.07, 6.45) is 1.01. The van der Waals surface area contributed by atoms with Crippen LogP contribution in [0, 0.1) is 6.92 Å². The molecule has 1 rings (SSSR count). The van der Waals surface area contributed by atoms with Crippen LogP contribution < -0.4 is 10.5 Å². The van der Waals surface area contributed by atoms with Crippen molar-refractivity contribution in [2.75, 3.05) is 27.2 Å². The van der Waals surface area contributed by atoms with E-state index in [0.717, 1.165) is 31.8 Å². The second kappa shape index (κ2) is 6.84. The van der Waals surface area contributed by atoms with E-state index in [4.69, 9.17) is 22.1 Å². The molecule has 0 aromatic heterocycles. The van der Waals surface area contributed by atoms with Crippen molar-refractivity contribution >= 4 is 11.6 Å². The summed E-state index contributed by atoms with van der Waals surface area (Å²) in [7, 11) is 3.72. The van der Waals surface area contributed by atoms with Gasteiger partial charge in [0.2, 0.25) is 0 Å². The molecule has 96 valence electrons. The number of aryl methyl sites for hydroxylation is 1. The summed E-state index contributed by atoms with van der Waals surface area (Å²) in [5, 5.41) is 0.667. The van der Waals surface area contributed by atoms with Crippen molar-refractivity contribution in [1.82, 2.24) is 4.90 Å². The molecule has 0 heterocycles. The molecular formula is C13H21ClN2O. The second-order valence-electron chi connectivity index (χ2n) is 4.29. The average molecular weight is 257 g/mol. The molecule has 0 bridgehead atoms. The SMILES string of the molecule is COc1cc(C)c(CN(C)CCCN)cc1Cl. The molecule has 1 aromatic carbocycles. The number of benzene rings is 1. The highest BCUT2D eigenvalue weighted by atomic mass is 35.5. The predicted molar refractivity (Wildman–Crippen MR) is 72.7 cm³/mol. The Kier molecular flexibility index (Phi) is 5.75. The van der Waals surface area contributed by atoms with E-state index in [0.29, 0.717) is 5.02 Å². The first kappa shape index (κ1) is 14.3. The average Bonchev–Trinajstić information content (AvgIpc) is 2.30. The highest BCUT2D eigenvalue weighted by Crippen LogP contribution is 2.28. The third-order valence-corrected chi connectivity index (χ3v) is 3.09. The summed E-state index contributed by atoms with van der Waals surface area (Å²) in [6, 6.07) is 3.96. The first-order chi connectivity index (χ1) is 8.08. The highest BCUT2D eigenvalue weighted by Gasteiger charge is 2.08. The fraction of sp³-hybridized carbons (Fsp3) is 0.538. The largest absolute Gasteiger partial charge is 0.495 e. The van der Waals surface area contributed by atoms with Crippen molar-refractivity contribution < 1.29 is 4.74 Å². The Labute approximate surface area is 109 Å². The maximum Gasteiger partial charge on any atom is 0.137 e. The minimum Gasteiger partial charge on any atom is -0.495 e. The summed E-state index contributed by atoms with van der Waals surface area (Å²) < 4.78 is 5.19. The third kappa shape index (κ3) is 4.19. The highest BCUT2D eigenvalue weighted by molar-refractivity contribution is 6.32. The number of halogens is 1. The molecule has 3 nitrogen and oxygen atoms in total. The molecule has 0 atom stereocenters. The third-order valence-electron chi connectivity index (χ3n) is 2.79. The van der Waals surface area contributed by atoms with E-state index < -0.39 is 0 Å². The molecule has 1 aromatic rings. The Morgan fingerprint density at radius 1 is 1.41 bits per heavy atom. The zero-order valence-corrected chi connectivity index (χ0v) is 11.5. The van der Waals surface area contributed by atoms with Crippen molar-refractivity contribution in [3.63, 3.8) is 0 Å². The van der Waals surface area contributed by atoms with Crippen LogP contribution in [0.4, 0.5) is 0 Å². The van der Waals surface area contributed by atoms with Crippen LogP contribution in [0.5, 0.6) is 5.75 Å². The van der Waals surface area contributed by atoms with Gasteiger partial charge in [-0.25, -0.2) is 0 Å². The lowest BCUT2D eigenvalue weighted by atomic mass is 10.1. The van der Waals surface area contributed by atoms with Gasteiger partial charge in [-0.1, -0.05) is 11.6 Å². The lowest BCUT2D eigenvalue weighted by Gasteiger charge is -2.18. The number of hydrogen-bond acceptors (Lipinski definition) is 3. The zero-order chi connectivity index (χ0) is 12.8. The normalized spacial score (nSPS) is 10.9. The Balaban J connectivity index is 2.74. The number of ether oxygens (including phenoxy) is 1. The van der Waals surface area contributed by atoms with Crippen LogP contribution in [-0.2, 0) is 6.54 Å². The first-order valence-electron chi connectivity index (χ1n) is 5.80. The maximum atomic E-state index is 6.13. The molecule has 0 amide bonds. The minimum atomic E-state index is 0.667. The zero-order valence-electron chi connectivity index (χ0n) is 10.8. The van der Waals surface area contributed by atoms with Gasteiger partial charge in [0.15, 0.2) is 0 Å². The Hall–Kier alpha value is -0.770. The van der Waals surface area contributed by atoms with Gasteiger partial charge in [-0.15, -0.1) is 0 Å². The molecule has 17 heavy (non-hydrogen) atoms. The summed E-state index contributed by atoms with van der Waals surface area (Å²) in [4.78, 5) is 2.25. The van der Waals surface area contributed by atoms with E-state index in [1.165, 1.54) is 11.1 Å². The quantitative estimate of drug-likeness (QED) is 0.850.